The van der Waals surface area contributed by atoms with Gasteiger partial charge in [-0.3, -0.25) is 9.97 Å². The predicted molar refractivity (Wildman–Crippen MR) is 58.0 cm³/mol. The molecule has 3 heteroatoms. The molecule has 0 atom stereocenters. The maximum Gasteiger partial charge on any atom is 0.0586 e. The summed E-state index contributed by atoms with van der Waals surface area (Å²) in [6.45, 7) is 0. The Balaban J connectivity index is 2.07. The van der Waals surface area contributed by atoms with Gasteiger partial charge in [0.1, 0.15) is 0 Å². The molecule has 0 fully saturated rings. The number of hydrogen-bond donors (Lipinski definition) is 0. The Hall–Kier alpha value is -0.440. The summed E-state index contributed by atoms with van der Waals surface area (Å²) in [5, 5.41) is 1.12. The van der Waals surface area contributed by atoms with Crippen LogP contribution in [0.3, 0.4) is 0 Å². The lowest BCUT2D eigenvalue weighted by Crippen LogP contribution is -1.90. The molecule has 1 aromatic heterocycles. The molecule has 0 saturated heterocycles. The fraction of sp³-hybridized carbons (Fsp3) is 0.600. The highest BCUT2D eigenvalue weighted by atomic mass is 79.9. The molecule has 0 N–H and O–H groups in total. The van der Waals surface area contributed by atoms with Crippen molar-refractivity contribution in [1.29, 1.82) is 0 Å². The van der Waals surface area contributed by atoms with E-state index in [0.29, 0.717) is 0 Å². The van der Waals surface area contributed by atoms with E-state index in [2.05, 4.69) is 25.9 Å². The van der Waals surface area contributed by atoms with Crippen LogP contribution in [-0.4, -0.2) is 15.3 Å². The van der Waals surface area contributed by atoms with Crippen molar-refractivity contribution < 1.29 is 0 Å². The van der Waals surface area contributed by atoms with Crippen LogP contribution in [0.4, 0.5) is 0 Å². The largest absolute Gasteiger partial charge is 0.261 e. The molecule has 13 heavy (non-hydrogen) atoms. The summed E-state index contributed by atoms with van der Waals surface area (Å²) in [7, 11) is 0. The average Bonchev–Trinajstić information content (AvgIpc) is 2.19. The summed E-state index contributed by atoms with van der Waals surface area (Å²) in [6.07, 6.45) is 11.5. The fourth-order valence-corrected chi connectivity index (χ4v) is 1.61. The minimum atomic E-state index is 1.07. The SMILES string of the molecule is BrCCCCCCc1cnccn1. The smallest absolute Gasteiger partial charge is 0.0586 e. The lowest BCUT2D eigenvalue weighted by molar-refractivity contribution is 0.663. The average molecular weight is 243 g/mol. The van der Waals surface area contributed by atoms with E-state index in [1.54, 1.807) is 12.4 Å². The Kier molecular flexibility index (Phi) is 5.74. The van der Waals surface area contributed by atoms with Gasteiger partial charge in [-0.25, -0.2) is 0 Å². The van der Waals surface area contributed by atoms with Gasteiger partial charge in [-0.15, -0.1) is 0 Å². The van der Waals surface area contributed by atoms with E-state index >= 15 is 0 Å². The topological polar surface area (TPSA) is 25.8 Å². The van der Waals surface area contributed by atoms with E-state index < -0.39 is 0 Å². The predicted octanol–water partition coefficient (Wildman–Crippen LogP) is 2.97. The van der Waals surface area contributed by atoms with Crippen LogP contribution in [0.1, 0.15) is 31.4 Å². The van der Waals surface area contributed by atoms with Crippen molar-refractivity contribution in [3.05, 3.63) is 24.3 Å². The van der Waals surface area contributed by atoms with Crippen molar-refractivity contribution in [2.45, 2.75) is 32.1 Å². The second-order valence-electron chi connectivity index (χ2n) is 3.05. The van der Waals surface area contributed by atoms with Crippen LogP contribution in [-0.2, 0) is 6.42 Å². The van der Waals surface area contributed by atoms with E-state index in [4.69, 9.17) is 0 Å². The quantitative estimate of drug-likeness (QED) is 0.567. The van der Waals surface area contributed by atoms with Crippen LogP contribution in [0, 0.1) is 0 Å². The van der Waals surface area contributed by atoms with Gasteiger partial charge in [0.05, 0.1) is 5.69 Å². The summed E-state index contributed by atoms with van der Waals surface area (Å²) in [5.74, 6) is 0. The third-order valence-electron chi connectivity index (χ3n) is 1.93. The third-order valence-corrected chi connectivity index (χ3v) is 2.49. The molecule has 0 amide bonds. The van der Waals surface area contributed by atoms with E-state index in [9.17, 15) is 0 Å². The summed E-state index contributed by atoms with van der Waals surface area (Å²) in [6, 6.07) is 0. The molecular weight excluding hydrogens is 228 g/mol. The Bertz CT molecular complexity index is 213. The van der Waals surface area contributed by atoms with E-state index in [-0.39, 0.29) is 0 Å². The van der Waals surface area contributed by atoms with Crippen LogP contribution >= 0.6 is 15.9 Å². The number of rotatable bonds is 6. The van der Waals surface area contributed by atoms with Gasteiger partial charge in [0.25, 0.3) is 0 Å². The van der Waals surface area contributed by atoms with E-state index in [0.717, 1.165) is 17.4 Å². The van der Waals surface area contributed by atoms with Crippen molar-refractivity contribution in [1.82, 2.24) is 9.97 Å². The Labute approximate surface area is 87.9 Å². The molecule has 0 aliphatic rings. The van der Waals surface area contributed by atoms with Gasteiger partial charge in [0.15, 0.2) is 0 Å². The molecule has 0 saturated carbocycles. The highest BCUT2D eigenvalue weighted by Crippen LogP contribution is 2.05. The standard InChI is InChI=1S/C10H15BrN2/c11-6-4-2-1-3-5-10-9-12-7-8-13-10/h7-9H,1-6H2. The van der Waals surface area contributed by atoms with Gasteiger partial charge in [-0.05, 0) is 19.3 Å². The number of hydrogen-bond acceptors (Lipinski definition) is 2. The molecule has 0 radical (unpaired) electrons. The van der Waals surface area contributed by atoms with Gasteiger partial charge in [-0.1, -0.05) is 28.8 Å². The van der Waals surface area contributed by atoms with Gasteiger partial charge in [0, 0.05) is 23.9 Å². The minimum Gasteiger partial charge on any atom is -0.261 e. The first-order valence-electron chi connectivity index (χ1n) is 4.74. The zero-order valence-corrected chi connectivity index (χ0v) is 9.33. The van der Waals surface area contributed by atoms with Crippen LogP contribution in [0.15, 0.2) is 18.6 Å². The molecule has 0 aliphatic carbocycles. The second-order valence-corrected chi connectivity index (χ2v) is 3.84. The molecule has 1 aromatic rings. The first-order valence-corrected chi connectivity index (χ1v) is 5.86. The number of alkyl halides is 1. The fourth-order valence-electron chi connectivity index (χ4n) is 1.21. The Morgan fingerprint density at radius 1 is 1.08 bits per heavy atom. The number of unbranched alkanes of at least 4 members (excludes halogenated alkanes) is 3. The summed E-state index contributed by atoms with van der Waals surface area (Å²) < 4.78 is 0. The highest BCUT2D eigenvalue weighted by molar-refractivity contribution is 9.09. The van der Waals surface area contributed by atoms with Crippen LogP contribution in [0.2, 0.25) is 0 Å². The number of nitrogens with zero attached hydrogens (tertiary/aromatic N) is 2. The maximum absolute atomic E-state index is 4.22. The van der Waals surface area contributed by atoms with Crippen LogP contribution < -0.4 is 0 Å². The molecule has 0 bridgehead atoms. The van der Waals surface area contributed by atoms with E-state index in [1.165, 1.54) is 25.7 Å². The molecule has 0 spiro atoms. The van der Waals surface area contributed by atoms with E-state index in [1.807, 2.05) is 6.20 Å². The van der Waals surface area contributed by atoms with Gasteiger partial charge >= 0.3 is 0 Å². The van der Waals surface area contributed by atoms with Gasteiger partial charge in [-0.2, -0.15) is 0 Å². The lowest BCUT2D eigenvalue weighted by Gasteiger charge is -1.98. The first kappa shape index (κ1) is 10.6. The molecule has 72 valence electrons. The lowest BCUT2D eigenvalue weighted by atomic mass is 10.1. The number of aryl methyl sites for hydroxylation is 1. The van der Waals surface area contributed by atoms with Crippen molar-refractivity contribution in [2.24, 2.45) is 0 Å². The monoisotopic (exact) mass is 242 g/mol. The molecular formula is C10H15BrN2. The van der Waals surface area contributed by atoms with Crippen molar-refractivity contribution in [3.63, 3.8) is 0 Å². The Morgan fingerprint density at radius 3 is 2.62 bits per heavy atom. The van der Waals surface area contributed by atoms with Crippen LogP contribution in [0.25, 0.3) is 0 Å². The van der Waals surface area contributed by atoms with Crippen LogP contribution in [0.5, 0.6) is 0 Å². The maximum atomic E-state index is 4.22. The zero-order valence-electron chi connectivity index (χ0n) is 7.75. The zero-order chi connectivity index (χ0) is 9.36. The molecule has 0 aliphatic heterocycles. The number of aromatic nitrogens is 2. The molecule has 0 aromatic carbocycles. The van der Waals surface area contributed by atoms with Crippen molar-refractivity contribution in [3.8, 4) is 0 Å². The third kappa shape index (κ3) is 4.98. The second kappa shape index (κ2) is 7.01. The molecule has 1 rings (SSSR count). The Morgan fingerprint density at radius 2 is 1.92 bits per heavy atom. The highest BCUT2D eigenvalue weighted by Gasteiger charge is 1.93. The molecule has 2 nitrogen and oxygen atoms in total. The first-order chi connectivity index (χ1) is 6.43. The molecule has 1 heterocycles. The van der Waals surface area contributed by atoms with Crippen molar-refractivity contribution >= 4 is 15.9 Å². The summed E-state index contributed by atoms with van der Waals surface area (Å²) in [5.41, 5.74) is 1.11. The summed E-state index contributed by atoms with van der Waals surface area (Å²) >= 11 is 3.42. The van der Waals surface area contributed by atoms with Gasteiger partial charge in [0.2, 0.25) is 0 Å². The summed E-state index contributed by atoms with van der Waals surface area (Å²) in [4.78, 5) is 8.25. The molecule has 0 unspecified atom stereocenters. The number of halogens is 1. The minimum absolute atomic E-state index is 1.07. The van der Waals surface area contributed by atoms with Crippen molar-refractivity contribution in [2.75, 3.05) is 5.33 Å². The normalized spacial score (nSPS) is 10.2. The van der Waals surface area contributed by atoms with Gasteiger partial charge < -0.3 is 0 Å².